The van der Waals surface area contributed by atoms with Gasteiger partial charge in [-0.3, -0.25) is 23.9 Å². The van der Waals surface area contributed by atoms with E-state index in [1.165, 1.54) is 21.6 Å². The molecule has 2 aromatic carbocycles. The molecule has 3 aromatic rings. The average molecular weight is 559 g/mol. The third-order valence-corrected chi connectivity index (χ3v) is 7.71. The van der Waals surface area contributed by atoms with Gasteiger partial charge in [-0.05, 0) is 54.3 Å². The van der Waals surface area contributed by atoms with E-state index in [0.717, 1.165) is 17.0 Å². The number of rotatable bonds is 3. The van der Waals surface area contributed by atoms with Crippen LogP contribution in [-0.4, -0.2) is 47.3 Å². The second-order valence-electron chi connectivity index (χ2n) is 11.0. The first kappa shape index (κ1) is 27.1. The molecule has 1 N–H and O–H groups in total. The highest BCUT2D eigenvalue weighted by Crippen LogP contribution is 2.35. The van der Waals surface area contributed by atoms with Crippen molar-refractivity contribution in [1.29, 1.82) is 0 Å². The van der Waals surface area contributed by atoms with Crippen molar-refractivity contribution in [3.8, 4) is 5.69 Å². The van der Waals surface area contributed by atoms with Crippen molar-refractivity contribution in [3.05, 3.63) is 92.4 Å². The van der Waals surface area contributed by atoms with Gasteiger partial charge >= 0.3 is 6.18 Å². The third-order valence-electron chi connectivity index (χ3n) is 7.46. The number of hydrogen-bond acceptors (Lipinski definition) is 3. The Balaban J connectivity index is 1.46. The number of Topliss-reactive ketones (excluding diaryl/α,β-unsaturated/α-hetero) is 1. The van der Waals surface area contributed by atoms with E-state index in [0.29, 0.717) is 53.6 Å². The van der Waals surface area contributed by atoms with E-state index in [2.05, 4.69) is 0 Å². The van der Waals surface area contributed by atoms with Gasteiger partial charge in [0.1, 0.15) is 11.3 Å². The summed E-state index contributed by atoms with van der Waals surface area (Å²) in [5.41, 5.74) is 0.274. The number of aromatic nitrogens is 1. The van der Waals surface area contributed by atoms with Gasteiger partial charge < -0.3 is 4.90 Å². The molecule has 10 heteroatoms. The molecule has 1 aliphatic heterocycles. The van der Waals surface area contributed by atoms with Crippen LogP contribution < -0.4 is 10.5 Å². The van der Waals surface area contributed by atoms with E-state index in [4.69, 9.17) is 11.6 Å². The van der Waals surface area contributed by atoms with Gasteiger partial charge in [0, 0.05) is 34.5 Å². The van der Waals surface area contributed by atoms with Crippen LogP contribution in [-0.2, 0) is 12.6 Å². The van der Waals surface area contributed by atoms with Crippen LogP contribution >= 0.6 is 11.6 Å². The zero-order valence-corrected chi connectivity index (χ0v) is 22.3. The molecule has 0 saturated carbocycles. The standard InChI is InChI=1S/C29H27ClF3N3O3/c1-28(2)16-24-22(25(37)17-28)15-23(27(39)36(24)20-8-6-19(30)7-9-20)26(38)35-12-10-34(11-13-35)21-5-3-4-18(14-21)29(31,32)33/h3-9,14-15H,10-13,16-17H2,1-2H3/p+1. The lowest BCUT2D eigenvalue weighted by Gasteiger charge is -2.34. The summed E-state index contributed by atoms with van der Waals surface area (Å²) in [5.74, 6) is -0.622. The number of nitrogens with zero attached hydrogens (tertiary/aromatic N) is 2. The van der Waals surface area contributed by atoms with E-state index >= 15 is 0 Å². The third kappa shape index (κ3) is 5.38. The first-order valence-corrected chi connectivity index (χ1v) is 13.1. The maximum absolute atomic E-state index is 13.8. The number of carbonyl (C=O) groups is 2. The molecule has 0 spiro atoms. The van der Waals surface area contributed by atoms with Crippen LogP contribution in [0.2, 0.25) is 5.02 Å². The second-order valence-corrected chi connectivity index (χ2v) is 11.4. The summed E-state index contributed by atoms with van der Waals surface area (Å²) < 4.78 is 41.0. The highest BCUT2D eigenvalue weighted by molar-refractivity contribution is 6.30. The van der Waals surface area contributed by atoms with Crippen LogP contribution in [0.1, 0.15) is 52.2 Å². The summed E-state index contributed by atoms with van der Waals surface area (Å²) in [6, 6.07) is 13.3. The van der Waals surface area contributed by atoms with Crippen molar-refractivity contribution in [1.82, 2.24) is 9.47 Å². The summed E-state index contributed by atoms with van der Waals surface area (Å²) >= 11 is 6.06. The Kier molecular flexibility index (Phi) is 6.93. The van der Waals surface area contributed by atoms with Gasteiger partial charge in [0.2, 0.25) is 0 Å². The summed E-state index contributed by atoms with van der Waals surface area (Å²) in [4.78, 5) is 42.9. The number of alkyl halides is 3. The minimum Gasteiger partial charge on any atom is -0.327 e. The Morgan fingerprint density at radius 2 is 1.64 bits per heavy atom. The predicted octanol–water partition coefficient (Wildman–Crippen LogP) is 4.34. The summed E-state index contributed by atoms with van der Waals surface area (Å²) in [5, 5.41) is 0.491. The number of ketones is 1. The number of quaternary nitrogens is 1. The Bertz CT molecular complexity index is 1500. The molecule has 5 rings (SSSR count). The molecule has 204 valence electrons. The number of piperazine rings is 1. The van der Waals surface area contributed by atoms with Gasteiger partial charge in [0.05, 0.1) is 31.7 Å². The topological polar surface area (TPSA) is 63.8 Å². The van der Waals surface area contributed by atoms with Crippen LogP contribution in [0.25, 0.3) is 5.69 Å². The molecule has 2 heterocycles. The molecule has 1 fully saturated rings. The molecule has 0 atom stereocenters. The minimum absolute atomic E-state index is 0.0979. The smallest absolute Gasteiger partial charge is 0.327 e. The maximum atomic E-state index is 13.8. The highest BCUT2D eigenvalue weighted by Gasteiger charge is 2.37. The van der Waals surface area contributed by atoms with Gasteiger partial charge in [-0.25, -0.2) is 0 Å². The van der Waals surface area contributed by atoms with Crippen molar-refractivity contribution in [3.63, 3.8) is 0 Å². The van der Waals surface area contributed by atoms with Crippen molar-refractivity contribution < 1.29 is 27.7 Å². The molecule has 1 aliphatic carbocycles. The molecule has 0 radical (unpaired) electrons. The normalized spacial score (nSPS) is 17.7. The summed E-state index contributed by atoms with van der Waals surface area (Å²) in [7, 11) is 0. The van der Waals surface area contributed by atoms with Crippen molar-refractivity contribution in [2.45, 2.75) is 32.9 Å². The second kappa shape index (κ2) is 9.95. The lowest BCUT2D eigenvalue weighted by molar-refractivity contribution is -0.837. The fraction of sp³-hybridized carbons (Fsp3) is 0.345. The van der Waals surface area contributed by atoms with Crippen LogP contribution in [0, 0.1) is 5.41 Å². The molecule has 1 saturated heterocycles. The fourth-order valence-electron chi connectivity index (χ4n) is 5.48. The molecule has 2 aliphatic rings. The molecule has 39 heavy (non-hydrogen) atoms. The predicted molar refractivity (Wildman–Crippen MR) is 141 cm³/mol. The van der Waals surface area contributed by atoms with Gasteiger partial charge in [-0.2, -0.15) is 13.2 Å². The molecule has 6 nitrogen and oxygen atoms in total. The Morgan fingerprint density at radius 1 is 0.974 bits per heavy atom. The summed E-state index contributed by atoms with van der Waals surface area (Å²) in [6.45, 7) is 5.21. The zero-order valence-electron chi connectivity index (χ0n) is 21.6. The monoisotopic (exact) mass is 558 g/mol. The van der Waals surface area contributed by atoms with E-state index < -0.39 is 23.2 Å². The number of halogens is 4. The summed E-state index contributed by atoms with van der Waals surface area (Å²) in [6.07, 6.45) is -3.65. The molecule has 1 aromatic heterocycles. The molecular formula is C29H28ClF3N3O3+. The zero-order chi connectivity index (χ0) is 28.1. The first-order valence-electron chi connectivity index (χ1n) is 12.7. The molecule has 0 bridgehead atoms. The minimum atomic E-state index is -4.43. The van der Waals surface area contributed by atoms with Crippen molar-refractivity contribution in [2.24, 2.45) is 5.41 Å². The fourth-order valence-corrected chi connectivity index (χ4v) is 5.61. The first-order chi connectivity index (χ1) is 18.3. The molecule has 1 amide bonds. The lowest BCUT2D eigenvalue weighted by Crippen LogP contribution is -3.10. The number of amides is 1. The molecular weight excluding hydrogens is 531 g/mol. The lowest BCUT2D eigenvalue weighted by atomic mass is 9.75. The van der Waals surface area contributed by atoms with Crippen molar-refractivity contribution >= 4 is 29.0 Å². The van der Waals surface area contributed by atoms with E-state index in [1.807, 2.05) is 13.8 Å². The largest absolute Gasteiger partial charge is 0.416 e. The van der Waals surface area contributed by atoms with Gasteiger partial charge in [0.15, 0.2) is 5.78 Å². The SMILES string of the molecule is CC1(C)CC(=O)c2cc(C(=O)N3CC[NH+](c4cccc(C(F)(F)F)c4)CC3)c(=O)n(-c3ccc(Cl)cc3)c2C1. The number of pyridine rings is 1. The van der Waals surface area contributed by atoms with E-state index in [1.54, 1.807) is 30.3 Å². The Labute approximate surface area is 228 Å². The Morgan fingerprint density at radius 3 is 2.28 bits per heavy atom. The number of benzene rings is 2. The van der Waals surface area contributed by atoms with Crippen LogP contribution in [0.5, 0.6) is 0 Å². The maximum Gasteiger partial charge on any atom is 0.416 e. The number of fused-ring (bicyclic) bond motifs is 1. The quantitative estimate of drug-likeness (QED) is 0.520. The average Bonchev–Trinajstić information content (AvgIpc) is 2.88. The van der Waals surface area contributed by atoms with Crippen LogP contribution in [0.4, 0.5) is 18.9 Å². The van der Waals surface area contributed by atoms with E-state index in [9.17, 15) is 27.6 Å². The van der Waals surface area contributed by atoms with Crippen LogP contribution in [0.3, 0.4) is 0 Å². The van der Waals surface area contributed by atoms with Crippen molar-refractivity contribution in [2.75, 3.05) is 26.2 Å². The number of nitrogens with one attached hydrogen (secondary N) is 1. The van der Waals surface area contributed by atoms with E-state index in [-0.39, 0.29) is 29.9 Å². The number of carbonyl (C=O) groups excluding carboxylic acids is 2. The van der Waals surface area contributed by atoms with Crippen LogP contribution in [0.15, 0.2) is 59.4 Å². The highest BCUT2D eigenvalue weighted by atomic mass is 35.5. The van der Waals surface area contributed by atoms with Gasteiger partial charge in [-0.15, -0.1) is 0 Å². The van der Waals surface area contributed by atoms with Gasteiger partial charge in [0.25, 0.3) is 11.5 Å². The van der Waals surface area contributed by atoms with Gasteiger partial charge in [-0.1, -0.05) is 31.5 Å². The Hall–Kier alpha value is -3.43. The number of hydrogen-bond donors (Lipinski definition) is 1. The molecule has 0 unspecified atom stereocenters.